The number of hydrogen-bond donors (Lipinski definition) is 2. The molecule has 0 saturated carbocycles. The number of carbonyl (C=O) groups excluding carboxylic acids is 1. The molecule has 0 aliphatic heterocycles. The molecule has 308 valence electrons. The number of Topliss-reactive ketones (excluding diaryl/α,β-unsaturated/α-hetero) is 1. The summed E-state index contributed by atoms with van der Waals surface area (Å²) in [7, 11) is 0. The Kier molecular flexibility index (Phi) is 14.2. The number of nitrogens with two attached hydrogens (primary N) is 1. The maximum atomic E-state index is 14.1. The van der Waals surface area contributed by atoms with Crippen molar-refractivity contribution in [2.24, 2.45) is 5.73 Å². The molecule has 6 aromatic rings. The van der Waals surface area contributed by atoms with E-state index in [9.17, 15) is 32.4 Å². The van der Waals surface area contributed by atoms with Gasteiger partial charge in [0.05, 0.1) is 53.2 Å². The number of benzene rings is 4. The van der Waals surface area contributed by atoms with Crippen molar-refractivity contribution in [1.82, 2.24) is 19.1 Å². The van der Waals surface area contributed by atoms with E-state index in [1.807, 2.05) is 85.7 Å². The fourth-order valence-electron chi connectivity index (χ4n) is 6.78. The number of nitrogens with zero attached hydrogens (tertiary/aromatic N) is 6. The Labute approximate surface area is 340 Å². The molecule has 2 unspecified atom stereocenters. The van der Waals surface area contributed by atoms with Crippen molar-refractivity contribution in [1.29, 1.82) is 10.5 Å². The molecule has 0 amide bonds. The minimum absolute atomic E-state index is 0.00457. The molecule has 0 spiro atoms. The van der Waals surface area contributed by atoms with Crippen molar-refractivity contribution in [2.75, 3.05) is 0 Å². The zero-order valence-electron chi connectivity index (χ0n) is 34.2. The SMILES string of the molecule is Cc1cc(C(C)CC(=O)Cn2cnc3ccc(F)c(F)c32)ccc1C(C)(C)C#N.Cc1cc(C(C)N)ccc1C(C)(C)C#N.O=C(O)Cn1cnc2ccc(F)c(F)c21. The lowest BCUT2D eigenvalue weighted by Crippen LogP contribution is -2.16. The number of carboxylic acids is 1. The third kappa shape index (κ3) is 10.6. The van der Waals surface area contributed by atoms with Gasteiger partial charge in [0.1, 0.15) is 17.6 Å². The molecule has 0 fully saturated rings. The highest BCUT2D eigenvalue weighted by molar-refractivity contribution is 5.83. The van der Waals surface area contributed by atoms with Gasteiger partial charge in [-0.2, -0.15) is 10.5 Å². The highest BCUT2D eigenvalue weighted by Gasteiger charge is 2.24. The maximum Gasteiger partial charge on any atom is 0.323 e. The summed E-state index contributed by atoms with van der Waals surface area (Å²) in [5, 5.41) is 27.0. The summed E-state index contributed by atoms with van der Waals surface area (Å²) in [6.07, 6.45) is 2.79. The number of rotatable bonds is 10. The van der Waals surface area contributed by atoms with Gasteiger partial charge in [-0.15, -0.1) is 0 Å². The summed E-state index contributed by atoms with van der Waals surface area (Å²) < 4.78 is 56.2. The Morgan fingerprint density at radius 3 is 1.56 bits per heavy atom. The van der Waals surface area contributed by atoms with Crippen LogP contribution in [0.2, 0.25) is 0 Å². The first-order chi connectivity index (χ1) is 27.6. The summed E-state index contributed by atoms with van der Waals surface area (Å²) in [4.78, 5) is 30.8. The number of aryl methyl sites for hydroxylation is 2. The summed E-state index contributed by atoms with van der Waals surface area (Å²) >= 11 is 0. The molecule has 0 aliphatic carbocycles. The summed E-state index contributed by atoms with van der Waals surface area (Å²) in [6, 6.07) is 21.3. The zero-order valence-corrected chi connectivity index (χ0v) is 34.2. The lowest BCUT2D eigenvalue weighted by molar-refractivity contribution is -0.137. The Balaban J connectivity index is 0.000000215. The van der Waals surface area contributed by atoms with E-state index >= 15 is 0 Å². The summed E-state index contributed by atoms with van der Waals surface area (Å²) in [5.41, 5.74) is 11.5. The molecule has 2 heterocycles. The smallest absolute Gasteiger partial charge is 0.323 e. The number of carboxylic acid groups (broad SMARTS) is 1. The molecule has 10 nitrogen and oxygen atoms in total. The van der Waals surface area contributed by atoms with Crippen molar-refractivity contribution in [3.8, 4) is 12.1 Å². The van der Waals surface area contributed by atoms with Crippen LogP contribution in [0.3, 0.4) is 0 Å². The van der Waals surface area contributed by atoms with Crippen LogP contribution in [0.5, 0.6) is 0 Å². The number of carbonyl (C=O) groups is 2. The topological polar surface area (TPSA) is 164 Å². The Bertz CT molecular complexity index is 2600. The van der Waals surface area contributed by atoms with E-state index < -0.39 is 46.6 Å². The second-order valence-electron chi connectivity index (χ2n) is 15.7. The van der Waals surface area contributed by atoms with E-state index in [1.165, 1.54) is 29.4 Å². The number of ketones is 1. The van der Waals surface area contributed by atoms with Gasteiger partial charge in [-0.25, -0.2) is 27.5 Å². The van der Waals surface area contributed by atoms with Crippen LogP contribution in [0.4, 0.5) is 17.6 Å². The van der Waals surface area contributed by atoms with Crippen LogP contribution >= 0.6 is 0 Å². The molecule has 6 rings (SSSR count). The minimum Gasteiger partial charge on any atom is -0.480 e. The Morgan fingerprint density at radius 2 is 1.15 bits per heavy atom. The molecule has 4 aromatic carbocycles. The van der Waals surface area contributed by atoms with Gasteiger partial charge in [-0.3, -0.25) is 9.59 Å². The van der Waals surface area contributed by atoms with E-state index in [4.69, 9.17) is 16.1 Å². The summed E-state index contributed by atoms with van der Waals surface area (Å²) in [5.74, 6) is -5.33. The molecule has 3 N–H and O–H groups in total. The fourth-order valence-corrected chi connectivity index (χ4v) is 6.78. The van der Waals surface area contributed by atoms with Crippen molar-refractivity contribution in [2.45, 2.75) is 97.7 Å². The average molecular weight is 810 g/mol. The van der Waals surface area contributed by atoms with Crippen molar-refractivity contribution >= 4 is 33.8 Å². The number of fused-ring (bicyclic) bond motifs is 2. The van der Waals surface area contributed by atoms with E-state index in [0.717, 1.165) is 50.1 Å². The van der Waals surface area contributed by atoms with Gasteiger partial charge in [0.25, 0.3) is 0 Å². The number of nitriles is 2. The molecule has 0 bridgehead atoms. The quantitative estimate of drug-likeness (QED) is 0.129. The number of halogens is 4. The van der Waals surface area contributed by atoms with Gasteiger partial charge < -0.3 is 20.0 Å². The average Bonchev–Trinajstić information content (AvgIpc) is 3.78. The number of hydrogen-bond acceptors (Lipinski definition) is 7. The second kappa shape index (κ2) is 18.5. The largest absolute Gasteiger partial charge is 0.480 e. The van der Waals surface area contributed by atoms with Crippen LogP contribution in [0.1, 0.15) is 93.3 Å². The van der Waals surface area contributed by atoms with Crippen LogP contribution in [0.25, 0.3) is 22.1 Å². The highest BCUT2D eigenvalue weighted by Crippen LogP contribution is 2.30. The first kappa shape index (κ1) is 45.3. The lowest BCUT2D eigenvalue weighted by atomic mass is 9.81. The first-order valence-corrected chi connectivity index (χ1v) is 18.7. The van der Waals surface area contributed by atoms with Gasteiger partial charge in [0, 0.05) is 12.5 Å². The van der Waals surface area contributed by atoms with Crippen molar-refractivity contribution in [3.63, 3.8) is 0 Å². The standard InChI is InChI=1S/C23H23F2N3O.C13H18N2.C9H6F2N2O2/c1-14(16-5-6-18(15(2)9-16)23(3,4)12-26)10-17(29)11-28-13-27-20-8-7-19(24)21(25)22(20)28;1-9-7-11(10(2)15)5-6-12(9)13(3,4)8-14;10-5-1-2-6-9(8(5)11)13(4-12-6)3-7(14)15/h5-9,13-14H,10-11H2,1-4H3;5-7,10H,15H2,1-4H3;1-2,4H,3H2,(H,14,15). The van der Waals surface area contributed by atoms with Gasteiger partial charge in [0.2, 0.25) is 0 Å². The normalized spacial score (nSPS) is 12.4. The predicted molar refractivity (Wildman–Crippen MR) is 217 cm³/mol. The molecule has 14 heteroatoms. The van der Waals surface area contributed by atoms with E-state index in [2.05, 4.69) is 28.2 Å². The van der Waals surface area contributed by atoms with E-state index in [1.54, 1.807) is 0 Å². The Hall–Kier alpha value is -6.38. The lowest BCUT2D eigenvalue weighted by Gasteiger charge is -2.21. The fraction of sp³-hybridized carbons (Fsp3) is 0.333. The van der Waals surface area contributed by atoms with Crippen LogP contribution in [-0.2, 0) is 33.5 Å². The maximum absolute atomic E-state index is 14.1. The van der Waals surface area contributed by atoms with Gasteiger partial charge >= 0.3 is 5.97 Å². The van der Waals surface area contributed by atoms with Crippen molar-refractivity contribution in [3.05, 3.63) is 130 Å². The molecule has 0 aliphatic rings. The Morgan fingerprint density at radius 1 is 0.729 bits per heavy atom. The van der Waals surface area contributed by atoms with Gasteiger partial charge in [-0.05, 0) is 112 Å². The molecule has 59 heavy (non-hydrogen) atoms. The monoisotopic (exact) mass is 809 g/mol. The van der Waals surface area contributed by atoms with Crippen LogP contribution in [0, 0.1) is 59.8 Å². The highest BCUT2D eigenvalue weighted by atomic mass is 19.2. The third-order valence-electron chi connectivity index (χ3n) is 10.0. The predicted octanol–water partition coefficient (Wildman–Crippen LogP) is 9.40. The van der Waals surface area contributed by atoms with Crippen LogP contribution < -0.4 is 5.73 Å². The minimum atomic E-state index is -1.14. The number of aliphatic carboxylic acids is 1. The molecule has 0 saturated heterocycles. The third-order valence-corrected chi connectivity index (χ3v) is 10.0. The summed E-state index contributed by atoms with van der Waals surface area (Å²) in [6.45, 7) is 15.0. The second-order valence-corrected chi connectivity index (χ2v) is 15.7. The zero-order chi connectivity index (χ0) is 44.0. The number of imidazole rings is 2. The molecular weight excluding hydrogens is 763 g/mol. The molecule has 2 atom stereocenters. The first-order valence-electron chi connectivity index (χ1n) is 18.7. The van der Waals surface area contributed by atoms with Crippen molar-refractivity contribution < 1.29 is 32.3 Å². The molecular formula is C45H47F4N7O3. The van der Waals surface area contributed by atoms with Gasteiger partial charge in [0.15, 0.2) is 29.1 Å². The van der Waals surface area contributed by atoms with Crippen LogP contribution in [-0.4, -0.2) is 36.0 Å². The van der Waals surface area contributed by atoms with Crippen LogP contribution in [0.15, 0.2) is 73.3 Å². The van der Waals surface area contributed by atoms with E-state index in [0.29, 0.717) is 5.52 Å². The van der Waals surface area contributed by atoms with Gasteiger partial charge in [-0.1, -0.05) is 43.3 Å². The van der Waals surface area contributed by atoms with E-state index in [-0.39, 0.29) is 47.3 Å². The molecule has 2 aromatic heterocycles. The molecule has 0 radical (unpaired) electrons. The number of aromatic nitrogens is 4.